The summed E-state index contributed by atoms with van der Waals surface area (Å²) in [5.41, 5.74) is 0.572. The molecule has 1 aliphatic rings. The predicted octanol–water partition coefficient (Wildman–Crippen LogP) is 3.85. The third-order valence-corrected chi connectivity index (χ3v) is 5.93. The van der Waals surface area contributed by atoms with Crippen LogP contribution in [0.1, 0.15) is 29.7 Å². The fourth-order valence-corrected chi connectivity index (χ4v) is 4.34. The molecule has 0 aliphatic carbocycles. The number of rotatable bonds is 5. The zero-order valence-electron chi connectivity index (χ0n) is 18.4. The lowest BCUT2D eigenvalue weighted by Crippen LogP contribution is -2.35. The average Bonchev–Trinajstić information content (AvgIpc) is 3.16. The number of likely N-dealkylation sites (tertiary alicyclic amines) is 1. The smallest absolute Gasteiger partial charge is 0.347 e. The molecular weight excluding hydrogens is 419 g/mol. The number of pyridine rings is 1. The van der Waals surface area contributed by atoms with Gasteiger partial charge in [0, 0.05) is 62.6 Å². The summed E-state index contributed by atoms with van der Waals surface area (Å²) in [6, 6.07) is 5.67. The molecule has 0 saturated carbocycles. The van der Waals surface area contributed by atoms with Crippen molar-refractivity contribution in [3.8, 4) is 0 Å². The molecular formula is C23H26F3N5O. The van der Waals surface area contributed by atoms with Gasteiger partial charge in [-0.05, 0) is 38.4 Å². The van der Waals surface area contributed by atoms with Crippen LogP contribution in [0.15, 0.2) is 41.5 Å². The minimum absolute atomic E-state index is 0.0865. The fraction of sp³-hybridized carbons (Fsp3) is 0.435. The minimum Gasteiger partial charge on any atom is -0.347 e. The van der Waals surface area contributed by atoms with Crippen LogP contribution < -0.4 is 10.3 Å². The maximum absolute atomic E-state index is 13.9. The molecule has 3 aromatic rings. The van der Waals surface area contributed by atoms with Gasteiger partial charge in [0.15, 0.2) is 5.43 Å². The average molecular weight is 445 g/mol. The standard InChI is InChI=1S/C23H26F3N5O/c1-15-6-7-19-18(9-15)20(32)10-21(23(24,25)26)31(19)14-17-5-4-8-30(17)13-16-11-27-22(28-12-16)29(2)3/h6-7,9-12,17H,4-5,8,13-14H2,1-3H3/t17-/m1/s1. The van der Waals surface area contributed by atoms with Gasteiger partial charge in [-0.25, -0.2) is 9.97 Å². The van der Waals surface area contributed by atoms with Crippen LogP contribution >= 0.6 is 0 Å². The molecule has 6 nitrogen and oxygen atoms in total. The number of aryl methyl sites for hydroxylation is 1. The van der Waals surface area contributed by atoms with Gasteiger partial charge in [0.2, 0.25) is 5.95 Å². The van der Waals surface area contributed by atoms with Crippen LogP contribution in [-0.4, -0.2) is 46.1 Å². The van der Waals surface area contributed by atoms with Gasteiger partial charge in [-0.15, -0.1) is 0 Å². The summed E-state index contributed by atoms with van der Waals surface area (Å²) in [6.45, 7) is 3.34. The first-order valence-corrected chi connectivity index (χ1v) is 10.6. The van der Waals surface area contributed by atoms with Crippen molar-refractivity contribution >= 4 is 16.9 Å². The number of aromatic nitrogens is 3. The molecule has 0 N–H and O–H groups in total. The maximum Gasteiger partial charge on any atom is 0.431 e. The van der Waals surface area contributed by atoms with Crippen molar-refractivity contribution in [1.29, 1.82) is 0 Å². The number of anilines is 1. The number of halogens is 3. The van der Waals surface area contributed by atoms with Gasteiger partial charge in [-0.2, -0.15) is 13.2 Å². The number of benzene rings is 1. The second kappa shape index (κ2) is 8.54. The molecule has 1 aromatic carbocycles. The first kappa shape index (κ1) is 22.3. The van der Waals surface area contributed by atoms with Crippen molar-refractivity contribution in [2.45, 2.75) is 45.1 Å². The first-order chi connectivity index (χ1) is 15.1. The highest BCUT2D eigenvalue weighted by molar-refractivity contribution is 5.80. The van der Waals surface area contributed by atoms with E-state index in [1.54, 1.807) is 30.6 Å². The molecule has 1 saturated heterocycles. The van der Waals surface area contributed by atoms with E-state index < -0.39 is 17.3 Å². The van der Waals surface area contributed by atoms with E-state index in [0.29, 0.717) is 23.4 Å². The summed E-state index contributed by atoms with van der Waals surface area (Å²) in [5.74, 6) is 0.608. The van der Waals surface area contributed by atoms with Crippen molar-refractivity contribution in [3.63, 3.8) is 0 Å². The van der Waals surface area contributed by atoms with Crippen molar-refractivity contribution in [3.05, 3.63) is 63.7 Å². The Morgan fingerprint density at radius 3 is 2.53 bits per heavy atom. The van der Waals surface area contributed by atoms with Crippen molar-refractivity contribution in [2.24, 2.45) is 0 Å². The van der Waals surface area contributed by atoms with Gasteiger partial charge in [-0.1, -0.05) is 11.6 Å². The summed E-state index contributed by atoms with van der Waals surface area (Å²) in [6.07, 6.45) is 0.595. The molecule has 0 amide bonds. The largest absolute Gasteiger partial charge is 0.431 e. The Morgan fingerprint density at radius 2 is 1.88 bits per heavy atom. The van der Waals surface area contributed by atoms with Crippen LogP contribution in [0.4, 0.5) is 19.1 Å². The number of hydrogen-bond acceptors (Lipinski definition) is 5. The third-order valence-electron chi connectivity index (χ3n) is 5.93. The van der Waals surface area contributed by atoms with E-state index >= 15 is 0 Å². The fourth-order valence-electron chi connectivity index (χ4n) is 4.34. The number of alkyl halides is 3. The molecule has 1 atom stereocenters. The van der Waals surface area contributed by atoms with Crippen LogP contribution in [0.2, 0.25) is 0 Å². The number of fused-ring (bicyclic) bond motifs is 1. The number of nitrogens with zero attached hydrogens (tertiary/aromatic N) is 5. The Hall–Kier alpha value is -2.94. The quantitative estimate of drug-likeness (QED) is 0.597. The molecule has 0 unspecified atom stereocenters. The monoisotopic (exact) mass is 445 g/mol. The lowest BCUT2D eigenvalue weighted by molar-refractivity contribution is -0.144. The van der Waals surface area contributed by atoms with E-state index in [4.69, 9.17) is 0 Å². The summed E-state index contributed by atoms with van der Waals surface area (Å²) in [4.78, 5) is 25.1. The highest BCUT2D eigenvalue weighted by atomic mass is 19.4. The number of hydrogen-bond donors (Lipinski definition) is 0. The minimum atomic E-state index is -4.61. The van der Waals surface area contributed by atoms with Crippen LogP contribution in [0, 0.1) is 6.92 Å². The van der Waals surface area contributed by atoms with E-state index in [-0.39, 0.29) is 12.6 Å². The van der Waals surface area contributed by atoms with Gasteiger partial charge in [0.25, 0.3) is 0 Å². The Labute approximate surface area is 184 Å². The van der Waals surface area contributed by atoms with Crippen molar-refractivity contribution in [2.75, 3.05) is 25.5 Å². The molecule has 3 heterocycles. The highest BCUT2D eigenvalue weighted by Gasteiger charge is 2.36. The normalized spacial score (nSPS) is 17.2. The van der Waals surface area contributed by atoms with Gasteiger partial charge in [-0.3, -0.25) is 9.69 Å². The topological polar surface area (TPSA) is 54.3 Å². The van der Waals surface area contributed by atoms with E-state index in [1.807, 2.05) is 25.9 Å². The zero-order chi connectivity index (χ0) is 23.0. The van der Waals surface area contributed by atoms with Crippen LogP contribution in [0.25, 0.3) is 10.9 Å². The molecule has 1 fully saturated rings. The SMILES string of the molecule is Cc1ccc2c(c1)c(=O)cc(C(F)(F)F)n2C[C@H]1CCCN1Cc1cnc(N(C)C)nc1. The van der Waals surface area contributed by atoms with Gasteiger partial charge >= 0.3 is 6.18 Å². The summed E-state index contributed by atoms with van der Waals surface area (Å²) in [5, 5.41) is 0.315. The van der Waals surface area contributed by atoms with Crippen LogP contribution in [-0.2, 0) is 19.3 Å². The molecule has 9 heteroatoms. The highest BCUT2D eigenvalue weighted by Crippen LogP contribution is 2.32. The molecule has 4 rings (SSSR count). The molecule has 1 aliphatic heterocycles. The van der Waals surface area contributed by atoms with Crippen LogP contribution in [0.3, 0.4) is 0 Å². The molecule has 2 aromatic heterocycles. The Bertz CT molecular complexity index is 1170. The summed E-state index contributed by atoms with van der Waals surface area (Å²) in [7, 11) is 3.72. The molecule has 0 spiro atoms. The predicted molar refractivity (Wildman–Crippen MR) is 118 cm³/mol. The van der Waals surface area contributed by atoms with E-state index in [0.717, 1.165) is 36.6 Å². The van der Waals surface area contributed by atoms with Gasteiger partial charge < -0.3 is 9.47 Å². The van der Waals surface area contributed by atoms with Crippen LogP contribution in [0.5, 0.6) is 0 Å². The van der Waals surface area contributed by atoms with Gasteiger partial charge in [0.1, 0.15) is 5.69 Å². The molecule has 170 valence electrons. The molecule has 32 heavy (non-hydrogen) atoms. The lowest BCUT2D eigenvalue weighted by Gasteiger charge is -2.28. The first-order valence-electron chi connectivity index (χ1n) is 10.6. The lowest BCUT2D eigenvalue weighted by atomic mass is 10.1. The van der Waals surface area contributed by atoms with Crippen molar-refractivity contribution < 1.29 is 13.2 Å². The second-order valence-corrected chi connectivity index (χ2v) is 8.58. The Kier molecular flexibility index (Phi) is 5.94. The Morgan fingerprint density at radius 1 is 1.16 bits per heavy atom. The summed E-state index contributed by atoms with van der Waals surface area (Å²) >= 11 is 0. The zero-order valence-corrected chi connectivity index (χ0v) is 18.4. The third kappa shape index (κ3) is 4.48. The van der Waals surface area contributed by atoms with E-state index in [1.165, 1.54) is 4.57 Å². The Balaban J connectivity index is 1.67. The van der Waals surface area contributed by atoms with Gasteiger partial charge in [0.05, 0.1) is 5.52 Å². The second-order valence-electron chi connectivity index (χ2n) is 8.58. The van der Waals surface area contributed by atoms with E-state index in [2.05, 4.69) is 14.9 Å². The molecule has 0 bridgehead atoms. The maximum atomic E-state index is 13.9. The van der Waals surface area contributed by atoms with E-state index in [9.17, 15) is 18.0 Å². The molecule has 0 radical (unpaired) electrons. The summed E-state index contributed by atoms with van der Waals surface area (Å²) < 4.78 is 42.9. The van der Waals surface area contributed by atoms with Crippen molar-refractivity contribution in [1.82, 2.24) is 19.4 Å².